The van der Waals surface area contributed by atoms with Crippen LogP contribution in [-0.2, 0) is 9.59 Å². The molecular weight excluding hydrogens is 302 g/mol. The van der Waals surface area contributed by atoms with Crippen LogP contribution in [0.25, 0.3) is 0 Å². The van der Waals surface area contributed by atoms with Gasteiger partial charge in [0.2, 0.25) is 11.8 Å². The molecule has 0 heterocycles. The van der Waals surface area contributed by atoms with Gasteiger partial charge in [0.1, 0.15) is 5.54 Å². The topological polar surface area (TPSA) is 61.4 Å². The van der Waals surface area contributed by atoms with Crippen molar-refractivity contribution in [2.45, 2.75) is 64.5 Å². The van der Waals surface area contributed by atoms with Crippen molar-refractivity contribution in [2.24, 2.45) is 11.8 Å². The first kappa shape index (κ1) is 20.7. The van der Waals surface area contributed by atoms with Gasteiger partial charge in [0.25, 0.3) is 0 Å². The Labute approximate surface area is 147 Å². The van der Waals surface area contributed by atoms with E-state index in [1.807, 2.05) is 40.9 Å². The van der Waals surface area contributed by atoms with Gasteiger partial charge in [-0.2, -0.15) is 0 Å². The third-order valence-corrected chi connectivity index (χ3v) is 4.72. The molecule has 3 atom stereocenters. The van der Waals surface area contributed by atoms with Gasteiger partial charge in [0.05, 0.1) is 0 Å². The van der Waals surface area contributed by atoms with Crippen LogP contribution in [0, 0.1) is 11.8 Å². The molecule has 0 aromatic heterocycles. The molecule has 0 radical (unpaired) electrons. The normalized spacial score (nSPS) is 27.6. The summed E-state index contributed by atoms with van der Waals surface area (Å²) in [6, 6.07) is 0. The number of carbonyl (C=O) groups is 2. The number of allylic oxidation sites excluding steroid dienone is 1. The van der Waals surface area contributed by atoms with E-state index in [4.69, 9.17) is 0 Å². The molecule has 2 N–H and O–H groups in total. The van der Waals surface area contributed by atoms with Crippen molar-refractivity contribution in [2.75, 3.05) is 20.6 Å². The molecule has 5 heteroatoms. The van der Waals surface area contributed by atoms with E-state index in [2.05, 4.69) is 22.1 Å². The Kier molecular flexibility index (Phi) is 7.02. The molecule has 1 fully saturated rings. The minimum Gasteiger partial charge on any atom is -0.349 e. The lowest BCUT2D eigenvalue weighted by atomic mass is 9.66. The molecule has 0 saturated heterocycles. The lowest BCUT2D eigenvalue weighted by molar-refractivity contribution is -0.139. The van der Waals surface area contributed by atoms with Gasteiger partial charge in [-0.15, -0.1) is 6.58 Å². The second kappa shape index (κ2) is 8.15. The summed E-state index contributed by atoms with van der Waals surface area (Å²) < 4.78 is 0. The highest BCUT2D eigenvalue weighted by molar-refractivity contribution is 5.92. The molecule has 0 spiro atoms. The van der Waals surface area contributed by atoms with E-state index in [0.717, 1.165) is 25.8 Å². The molecule has 5 nitrogen and oxygen atoms in total. The number of hydrogen-bond acceptors (Lipinski definition) is 3. The fourth-order valence-electron chi connectivity index (χ4n) is 3.60. The monoisotopic (exact) mass is 337 g/mol. The van der Waals surface area contributed by atoms with E-state index < -0.39 is 5.54 Å². The molecule has 2 unspecified atom stereocenters. The van der Waals surface area contributed by atoms with Crippen molar-refractivity contribution in [3.63, 3.8) is 0 Å². The molecule has 0 bridgehead atoms. The van der Waals surface area contributed by atoms with Gasteiger partial charge in [-0.1, -0.05) is 6.08 Å². The molecule has 24 heavy (non-hydrogen) atoms. The van der Waals surface area contributed by atoms with Crippen LogP contribution in [0.2, 0.25) is 0 Å². The van der Waals surface area contributed by atoms with E-state index in [0.29, 0.717) is 6.42 Å². The van der Waals surface area contributed by atoms with Gasteiger partial charge in [-0.05, 0) is 78.9 Å². The van der Waals surface area contributed by atoms with Gasteiger partial charge >= 0.3 is 0 Å². The molecule has 0 aromatic carbocycles. The Bertz CT molecular complexity index is 468. The van der Waals surface area contributed by atoms with Crippen LogP contribution in [-0.4, -0.2) is 48.4 Å². The Balaban J connectivity index is 3.19. The predicted octanol–water partition coefficient (Wildman–Crippen LogP) is 2.33. The van der Waals surface area contributed by atoms with Gasteiger partial charge in [0, 0.05) is 12.5 Å². The molecule has 0 aromatic rings. The number of rotatable bonds is 6. The maximum Gasteiger partial charge on any atom is 0.246 e. The van der Waals surface area contributed by atoms with Gasteiger partial charge in [-0.25, -0.2) is 0 Å². The highest BCUT2D eigenvalue weighted by atomic mass is 16.2. The first-order chi connectivity index (χ1) is 11.0. The largest absolute Gasteiger partial charge is 0.349 e. The molecule has 1 rings (SSSR count). The minimum absolute atomic E-state index is 0.0690. The third-order valence-electron chi connectivity index (χ3n) is 4.72. The molecule has 2 amide bonds. The Morgan fingerprint density at radius 1 is 1.29 bits per heavy atom. The fraction of sp³-hybridized carbons (Fsp3) is 0.789. The predicted molar refractivity (Wildman–Crippen MR) is 98.6 cm³/mol. The van der Waals surface area contributed by atoms with Crippen LogP contribution in [0.5, 0.6) is 0 Å². The SMILES string of the molecule is C=C[C@@H]1CCC(CCN(C)C)C(NC(C)=O)(C(=O)NC(C)(C)C)C1. The number of nitrogens with one attached hydrogen (secondary N) is 2. The lowest BCUT2D eigenvalue weighted by Gasteiger charge is -2.47. The summed E-state index contributed by atoms with van der Waals surface area (Å²) in [5.41, 5.74) is -1.19. The summed E-state index contributed by atoms with van der Waals surface area (Å²) >= 11 is 0. The number of amides is 2. The summed E-state index contributed by atoms with van der Waals surface area (Å²) in [7, 11) is 4.06. The van der Waals surface area contributed by atoms with Crippen LogP contribution in [0.3, 0.4) is 0 Å². The van der Waals surface area contributed by atoms with E-state index in [-0.39, 0.29) is 29.2 Å². The van der Waals surface area contributed by atoms with E-state index >= 15 is 0 Å². The second-order valence-corrected chi connectivity index (χ2v) is 8.42. The molecule has 0 aliphatic heterocycles. The summed E-state index contributed by atoms with van der Waals surface area (Å²) in [4.78, 5) is 27.3. The van der Waals surface area contributed by atoms with Crippen molar-refractivity contribution in [3.8, 4) is 0 Å². The number of nitrogens with zero attached hydrogens (tertiary/aromatic N) is 1. The first-order valence-electron chi connectivity index (χ1n) is 8.89. The van der Waals surface area contributed by atoms with Crippen molar-refractivity contribution in [1.29, 1.82) is 0 Å². The highest BCUT2D eigenvalue weighted by Crippen LogP contribution is 2.40. The molecule has 1 aliphatic rings. The minimum atomic E-state index is -0.855. The molecule has 1 aliphatic carbocycles. The van der Waals surface area contributed by atoms with Gasteiger partial charge in [0.15, 0.2) is 0 Å². The highest BCUT2D eigenvalue weighted by Gasteiger charge is 2.50. The molecular formula is C19H35N3O2. The third kappa shape index (κ3) is 5.62. The lowest BCUT2D eigenvalue weighted by Crippen LogP contribution is -2.67. The zero-order chi connectivity index (χ0) is 18.5. The van der Waals surface area contributed by atoms with E-state index in [9.17, 15) is 9.59 Å². The van der Waals surface area contributed by atoms with Gasteiger partial charge < -0.3 is 15.5 Å². The Morgan fingerprint density at radius 3 is 2.38 bits per heavy atom. The van der Waals surface area contributed by atoms with Crippen molar-refractivity contribution < 1.29 is 9.59 Å². The zero-order valence-electron chi connectivity index (χ0n) is 16.2. The van der Waals surface area contributed by atoms with Crippen molar-refractivity contribution in [1.82, 2.24) is 15.5 Å². The standard InChI is InChI=1S/C19H35N3O2/c1-8-15-9-10-16(11-12-22(6)7)19(13-15,20-14(2)23)17(24)21-18(3,4)5/h8,15-16H,1,9-13H2,2-7H3,(H,20,23)(H,21,24)/t15-,16?,19?/m1/s1. The van der Waals surface area contributed by atoms with Crippen LogP contribution in [0.1, 0.15) is 53.4 Å². The van der Waals surface area contributed by atoms with E-state index in [1.54, 1.807) is 0 Å². The number of carbonyl (C=O) groups excluding carboxylic acids is 2. The van der Waals surface area contributed by atoms with Gasteiger partial charge in [-0.3, -0.25) is 9.59 Å². The van der Waals surface area contributed by atoms with E-state index in [1.165, 1.54) is 6.92 Å². The summed E-state index contributed by atoms with van der Waals surface area (Å²) in [6.45, 7) is 12.2. The second-order valence-electron chi connectivity index (χ2n) is 8.42. The van der Waals surface area contributed by atoms with Crippen molar-refractivity contribution >= 4 is 11.8 Å². The first-order valence-corrected chi connectivity index (χ1v) is 8.89. The summed E-state index contributed by atoms with van der Waals surface area (Å²) in [5.74, 6) is 0.152. The average molecular weight is 338 g/mol. The quantitative estimate of drug-likeness (QED) is 0.731. The molecule has 138 valence electrons. The molecule has 1 saturated carbocycles. The summed E-state index contributed by atoms with van der Waals surface area (Å²) in [6.07, 6.45) is 5.36. The maximum atomic E-state index is 13.2. The average Bonchev–Trinajstić information content (AvgIpc) is 2.43. The smallest absolute Gasteiger partial charge is 0.246 e. The van der Waals surface area contributed by atoms with Crippen LogP contribution < -0.4 is 10.6 Å². The summed E-state index contributed by atoms with van der Waals surface area (Å²) in [5, 5.41) is 6.13. The fourth-order valence-corrected chi connectivity index (χ4v) is 3.60. The van der Waals surface area contributed by atoms with Crippen LogP contribution in [0.15, 0.2) is 12.7 Å². The number of hydrogen-bond donors (Lipinski definition) is 2. The van der Waals surface area contributed by atoms with Crippen LogP contribution in [0.4, 0.5) is 0 Å². The Hall–Kier alpha value is -1.36. The Morgan fingerprint density at radius 2 is 1.92 bits per heavy atom. The maximum absolute atomic E-state index is 13.2. The van der Waals surface area contributed by atoms with Crippen LogP contribution >= 0.6 is 0 Å². The van der Waals surface area contributed by atoms with Crippen molar-refractivity contribution in [3.05, 3.63) is 12.7 Å². The zero-order valence-corrected chi connectivity index (χ0v) is 16.2.